The second-order valence-electron chi connectivity index (χ2n) is 3.87. The van der Waals surface area contributed by atoms with Crippen molar-refractivity contribution in [2.45, 2.75) is 58.0 Å². The first-order valence-electron chi connectivity index (χ1n) is 5.66. The predicted octanol–water partition coefficient (Wildman–Crippen LogP) is 3.69. The molecule has 1 unspecified atom stereocenters. The Bertz CT molecular complexity index is 136. The van der Waals surface area contributed by atoms with Crippen LogP contribution in [0.3, 0.4) is 0 Å². The van der Waals surface area contributed by atoms with E-state index in [0.717, 1.165) is 6.61 Å². The summed E-state index contributed by atoms with van der Waals surface area (Å²) in [5.74, 6) is 0. The third-order valence-electron chi connectivity index (χ3n) is 2.53. The van der Waals surface area contributed by atoms with Gasteiger partial charge in [-0.3, -0.25) is 0 Å². The van der Waals surface area contributed by atoms with Gasteiger partial charge in [0.25, 0.3) is 0 Å². The molecular weight excluding hydrogens is 160 g/mol. The molecule has 0 saturated carbocycles. The highest BCUT2D eigenvalue weighted by atomic mass is 16.6. The largest absolute Gasteiger partial charge is 0.373 e. The Kier molecular flexibility index (Phi) is 5.92. The van der Waals surface area contributed by atoms with Crippen LogP contribution in [-0.4, -0.2) is 12.7 Å². The molecule has 76 valence electrons. The first-order chi connectivity index (χ1) is 6.43. The maximum Gasteiger partial charge on any atom is 0.0810 e. The van der Waals surface area contributed by atoms with Crippen molar-refractivity contribution in [3.05, 3.63) is 12.2 Å². The standard InChI is InChI=1S/C12H22O/c1-2-3-4-5-6-7-8-9-10-12-11-13-12/h2-3,12H,4-11H2,1H3. The summed E-state index contributed by atoms with van der Waals surface area (Å²) in [5, 5.41) is 0. The number of allylic oxidation sites excluding steroid dienone is 2. The van der Waals surface area contributed by atoms with E-state index >= 15 is 0 Å². The van der Waals surface area contributed by atoms with Crippen LogP contribution in [0.5, 0.6) is 0 Å². The Morgan fingerprint density at radius 1 is 1.15 bits per heavy atom. The number of unbranched alkanes of at least 4 members (excludes halogenated alkanes) is 5. The molecule has 0 radical (unpaired) electrons. The average molecular weight is 182 g/mol. The molecule has 1 heteroatoms. The Morgan fingerprint density at radius 2 is 1.85 bits per heavy atom. The highest BCUT2D eigenvalue weighted by Gasteiger charge is 2.20. The van der Waals surface area contributed by atoms with Crippen molar-refractivity contribution in [1.82, 2.24) is 0 Å². The minimum atomic E-state index is 0.642. The summed E-state index contributed by atoms with van der Waals surface area (Å²) in [6.45, 7) is 3.12. The van der Waals surface area contributed by atoms with Crippen molar-refractivity contribution in [2.24, 2.45) is 0 Å². The van der Waals surface area contributed by atoms with Gasteiger partial charge >= 0.3 is 0 Å². The van der Waals surface area contributed by atoms with E-state index in [0.29, 0.717) is 6.10 Å². The van der Waals surface area contributed by atoms with Crippen LogP contribution in [0.25, 0.3) is 0 Å². The SMILES string of the molecule is CC=CCCCCCCCC1CO1. The van der Waals surface area contributed by atoms with Gasteiger partial charge < -0.3 is 4.74 Å². The van der Waals surface area contributed by atoms with Gasteiger partial charge in [0.1, 0.15) is 0 Å². The summed E-state index contributed by atoms with van der Waals surface area (Å²) in [4.78, 5) is 0. The number of rotatable bonds is 8. The molecule has 0 aromatic rings. The average Bonchev–Trinajstić information content (AvgIpc) is 2.93. The molecule has 1 aliphatic rings. The molecule has 0 aromatic heterocycles. The fourth-order valence-electron chi connectivity index (χ4n) is 1.57. The van der Waals surface area contributed by atoms with Gasteiger partial charge in [0, 0.05) is 0 Å². The molecule has 0 bridgehead atoms. The van der Waals surface area contributed by atoms with Crippen molar-refractivity contribution in [3.63, 3.8) is 0 Å². The van der Waals surface area contributed by atoms with Crippen molar-refractivity contribution in [1.29, 1.82) is 0 Å². The minimum absolute atomic E-state index is 0.642. The van der Waals surface area contributed by atoms with Crippen LogP contribution in [-0.2, 0) is 4.74 Å². The molecule has 1 atom stereocenters. The molecule has 0 aliphatic carbocycles. The third-order valence-corrected chi connectivity index (χ3v) is 2.53. The maximum atomic E-state index is 5.16. The second-order valence-corrected chi connectivity index (χ2v) is 3.87. The van der Waals surface area contributed by atoms with Crippen LogP contribution in [0, 0.1) is 0 Å². The van der Waals surface area contributed by atoms with E-state index in [9.17, 15) is 0 Å². The fraction of sp³-hybridized carbons (Fsp3) is 0.833. The number of hydrogen-bond donors (Lipinski definition) is 0. The third kappa shape index (κ3) is 6.83. The number of ether oxygens (including phenoxy) is 1. The Morgan fingerprint density at radius 3 is 2.54 bits per heavy atom. The molecule has 0 spiro atoms. The van der Waals surface area contributed by atoms with E-state index in [-0.39, 0.29) is 0 Å². The predicted molar refractivity (Wildman–Crippen MR) is 56.9 cm³/mol. The lowest BCUT2D eigenvalue weighted by Gasteiger charge is -1.98. The summed E-state index contributed by atoms with van der Waals surface area (Å²) in [5.41, 5.74) is 0. The summed E-state index contributed by atoms with van der Waals surface area (Å²) < 4.78 is 5.16. The molecule has 1 nitrogen and oxygen atoms in total. The van der Waals surface area contributed by atoms with Crippen molar-refractivity contribution >= 4 is 0 Å². The Labute approximate surface area is 82.2 Å². The second kappa shape index (κ2) is 7.14. The zero-order valence-corrected chi connectivity index (χ0v) is 8.80. The molecule has 13 heavy (non-hydrogen) atoms. The van der Waals surface area contributed by atoms with Crippen LogP contribution in [0.1, 0.15) is 51.9 Å². The van der Waals surface area contributed by atoms with E-state index < -0.39 is 0 Å². The normalized spacial score (nSPS) is 21.2. The first kappa shape index (κ1) is 10.8. The number of hydrogen-bond acceptors (Lipinski definition) is 1. The van der Waals surface area contributed by atoms with Crippen LogP contribution in [0.15, 0.2) is 12.2 Å². The van der Waals surface area contributed by atoms with Gasteiger partial charge in [0.15, 0.2) is 0 Å². The van der Waals surface area contributed by atoms with Crippen LogP contribution in [0.4, 0.5) is 0 Å². The monoisotopic (exact) mass is 182 g/mol. The van der Waals surface area contributed by atoms with E-state index in [1.807, 2.05) is 0 Å². The van der Waals surface area contributed by atoms with Gasteiger partial charge in [-0.25, -0.2) is 0 Å². The zero-order valence-electron chi connectivity index (χ0n) is 8.80. The van der Waals surface area contributed by atoms with Crippen molar-refractivity contribution < 1.29 is 4.74 Å². The zero-order chi connectivity index (χ0) is 9.36. The Balaban J connectivity index is 1.68. The van der Waals surface area contributed by atoms with E-state index in [4.69, 9.17) is 4.74 Å². The highest BCUT2D eigenvalue weighted by molar-refractivity contribution is 4.76. The van der Waals surface area contributed by atoms with E-state index in [1.165, 1.54) is 44.9 Å². The fourth-order valence-corrected chi connectivity index (χ4v) is 1.57. The van der Waals surface area contributed by atoms with Gasteiger partial charge in [-0.1, -0.05) is 37.8 Å². The molecular formula is C12H22O. The lowest BCUT2D eigenvalue weighted by atomic mass is 10.1. The lowest BCUT2D eigenvalue weighted by molar-refractivity contribution is 0.387. The van der Waals surface area contributed by atoms with Crippen LogP contribution < -0.4 is 0 Å². The molecule has 0 N–H and O–H groups in total. The Hall–Kier alpha value is -0.300. The molecule has 0 aromatic carbocycles. The summed E-state index contributed by atoms with van der Waals surface area (Å²) in [6, 6.07) is 0. The quantitative estimate of drug-likeness (QED) is 0.317. The molecule has 1 fully saturated rings. The van der Waals surface area contributed by atoms with Gasteiger partial charge in [-0.05, 0) is 26.2 Å². The van der Waals surface area contributed by atoms with Gasteiger partial charge in [-0.2, -0.15) is 0 Å². The van der Waals surface area contributed by atoms with Gasteiger partial charge in [0.2, 0.25) is 0 Å². The molecule has 1 aliphatic heterocycles. The number of epoxide rings is 1. The van der Waals surface area contributed by atoms with E-state index in [2.05, 4.69) is 19.1 Å². The molecule has 0 amide bonds. The van der Waals surface area contributed by atoms with Crippen LogP contribution in [0.2, 0.25) is 0 Å². The highest BCUT2D eigenvalue weighted by Crippen LogP contribution is 2.17. The molecule has 1 heterocycles. The minimum Gasteiger partial charge on any atom is -0.373 e. The first-order valence-corrected chi connectivity index (χ1v) is 5.66. The summed E-state index contributed by atoms with van der Waals surface area (Å²) >= 11 is 0. The van der Waals surface area contributed by atoms with Crippen molar-refractivity contribution in [3.8, 4) is 0 Å². The lowest BCUT2D eigenvalue weighted by Crippen LogP contribution is -1.85. The molecule has 1 saturated heterocycles. The summed E-state index contributed by atoms with van der Waals surface area (Å²) in [7, 11) is 0. The van der Waals surface area contributed by atoms with E-state index in [1.54, 1.807) is 0 Å². The van der Waals surface area contributed by atoms with Crippen LogP contribution >= 0.6 is 0 Å². The van der Waals surface area contributed by atoms with Crippen molar-refractivity contribution in [2.75, 3.05) is 6.61 Å². The maximum absolute atomic E-state index is 5.16. The topological polar surface area (TPSA) is 12.5 Å². The van der Waals surface area contributed by atoms with Gasteiger partial charge in [0.05, 0.1) is 12.7 Å². The molecule has 1 rings (SSSR count). The smallest absolute Gasteiger partial charge is 0.0810 e. The summed E-state index contributed by atoms with van der Waals surface area (Å²) in [6.07, 6.45) is 14.6. The van der Waals surface area contributed by atoms with Gasteiger partial charge in [-0.15, -0.1) is 0 Å².